The maximum atomic E-state index is 10.8. The summed E-state index contributed by atoms with van der Waals surface area (Å²) >= 11 is 0. The van der Waals surface area contributed by atoms with Crippen molar-refractivity contribution in [1.29, 1.82) is 5.26 Å². The Morgan fingerprint density at radius 2 is 2.31 bits per heavy atom. The van der Waals surface area contributed by atoms with E-state index in [1.165, 1.54) is 19.3 Å². The molecule has 0 saturated heterocycles. The van der Waals surface area contributed by atoms with Crippen molar-refractivity contribution in [3.05, 3.63) is 29.3 Å². The summed E-state index contributed by atoms with van der Waals surface area (Å²) < 4.78 is 4.88. The van der Waals surface area contributed by atoms with E-state index in [0.29, 0.717) is 5.56 Å². The first-order chi connectivity index (χ1) is 7.60. The van der Waals surface area contributed by atoms with Gasteiger partial charge in [0, 0.05) is 5.56 Å². The minimum absolute atomic E-state index is 0.140. The summed E-state index contributed by atoms with van der Waals surface area (Å²) in [7, 11) is 1.40. The molecule has 5 nitrogen and oxygen atoms in total. The van der Waals surface area contributed by atoms with Crippen molar-refractivity contribution in [3.8, 4) is 17.6 Å². The van der Waals surface area contributed by atoms with Crippen LogP contribution in [0.2, 0.25) is 0 Å². The molecular formula is C11H10N2O3. The van der Waals surface area contributed by atoms with Gasteiger partial charge in [0.2, 0.25) is 0 Å². The molecule has 0 aliphatic rings. The molecule has 0 aliphatic heterocycles. The molecule has 0 aromatic heterocycles. The molecule has 1 rings (SSSR count). The summed E-state index contributed by atoms with van der Waals surface area (Å²) in [6, 6.07) is 6.37. The number of amides is 1. The van der Waals surface area contributed by atoms with Crippen LogP contribution in [0.15, 0.2) is 23.8 Å². The van der Waals surface area contributed by atoms with Gasteiger partial charge in [0.1, 0.15) is 11.6 Å². The number of carbonyl (C=O) groups is 1. The van der Waals surface area contributed by atoms with Crippen LogP contribution in [0, 0.1) is 11.3 Å². The number of rotatable bonds is 3. The molecule has 16 heavy (non-hydrogen) atoms. The normalized spacial score (nSPS) is 10.6. The van der Waals surface area contributed by atoms with Gasteiger partial charge in [0.15, 0.2) is 11.5 Å². The van der Waals surface area contributed by atoms with Crippen molar-refractivity contribution in [3.63, 3.8) is 0 Å². The molecule has 0 bridgehead atoms. The number of hydrogen-bond donors (Lipinski definition) is 2. The highest BCUT2D eigenvalue weighted by atomic mass is 16.5. The van der Waals surface area contributed by atoms with E-state index in [0.717, 1.165) is 0 Å². The standard InChI is InChI=1S/C11H10N2O3/c1-16-9-4-2-3-7(10(9)14)5-8(6-12)11(13)15/h2-5,14H,1H3,(H2,13,15)/b8-5+. The SMILES string of the molecule is COc1cccc(/C=C(\C#N)C(N)=O)c1O. The first-order valence-corrected chi connectivity index (χ1v) is 4.37. The van der Waals surface area contributed by atoms with E-state index in [1.807, 2.05) is 0 Å². The maximum Gasteiger partial charge on any atom is 0.259 e. The molecule has 1 aromatic carbocycles. The fourth-order valence-corrected chi connectivity index (χ4v) is 1.13. The second-order valence-corrected chi connectivity index (χ2v) is 2.93. The highest BCUT2D eigenvalue weighted by Gasteiger charge is 2.08. The zero-order chi connectivity index (χ0) is 12.1. The number of para-hydroxylation sites is 1. The lowest BCUT2D eigenvalue weighted by Crippen LogP contribution is -2.12. The summed E-state index contributed by atoms with van der Waals surface area (Å²) in [5, 5.41) is 18.3. The fraction of sp³-hybridized carbons (Fsp3) is 0.0909. The molecule has 82 valence electrons. The number of primary amides is 1. The van der Waals surface area contributed by atoms with E-state index in [4.69, 9.17) is 15.7 Å². The molecule has 0 fully saturated rings. The Balaban J connectivity index is 3.25. The molecular weight excluding hydrogens is 208 g/mol. The molecule has 0 spiro atoms. The monoisotopic (exact) mass is 218 g/mol. The highest BCUT2D eigenvalue weighted by Crippen LogP contribution is 2.30. The minimum Gasteiger partial charge on any atom is -0.504 e. The van der Waals surface area contributed by atoms with Crippen molar-refractivity contribution in [2.24, 2.45) is 5.73 Å². The van der Waals surface area contributed by atoms with Gasteiger partial charge in [0.05, 0.1) is 7.11 Å². The molecule has 3 N–H and O–H groups in total. The van der Waals surface area contributed by atoms with Gasteiger partial charge in [-0.15, -0.1) is 0 Å². The van der Waals surface area contributed by atoms with E-state index in [9.17, 15) is 9.90 Å². The molecule has 1 amide bonds. The van der Waals surface area contributed by atoms with Crippen molar-refractivity contribution in [2.75, 3.05) is 7.11 Å². The predicted molar refractivity (Wildman–Crippen MR) is 57.4 cm³/mol. The molecule has 0 radical (unpaired) electrons. The van der Waals surface area contributed by atoms with Crippen LogP contribution in [0.3, 0.4) is 0 Å². The van der Waals surface area contributed by atoms with Crippen LogP contribution in [0.5, 0.6) is 11.5 Å². The van der Waals surface area contributed by atoms with E-state index < -0.39 is 5.91 Å². The molecule has 0 atom stereocenters. The molecule has 5 heteroatoms. The third kappa shape index (κ3) is 2.30. The van der Waals surface area contributed by atoms with Crippen molar-refractivity contribution >= 4 is 12.0 Å². The van der Waals surface area contributed by atoms with Gasteiger partial charge < -0.3 is 15.6 Å². The lowest BCUT2D eigenvalue weighted by atomic mass is 10.1. The number of nitrogens with zero attached hydrogens (tertiary/aromatic N) is 1. The van der Waals surface area contributed by atoms with Crippen LogP contribution in [-0.4, -0.2) is 18.1 Å². The van der Waals surface area contributed by atoms with Crippen LogP contribution in [0.1, 0.15) is 5.56 Å². The van der Waals surface area contributed by atoms with Crippen LogP contribution in [0.25, 0.3) is 6.08 Å². The number of phenols is 1. The predicted octanol–water partition coefficient (Wildman–Crippen LogP) is 0.793. The number of benzene rings is 1. The van der Waals surface area contributed by atoms with Gasteiger partial charge in [-0.25, -0.2) is 0 Å². The van der Waals surface area contributed by atoms with Gasteiger partial charge in [-0.3, -0.25) is 4.79 Å². The third-order valence-electron chi connectivity index (χ3n) is 1.94. The van der Waals surface area contributed by atoms with Gasteiger partial charge >= 0.3 is 0 Å². The zero-order valence-electron chi connectivity index (χ0n) is 8.60. The second kappa shape index (κ2) is 4.84. The van der Waals surface area contributed by atoms with E-state index in [-0.39, 0.29) is 17.1 Å². The Kier molecular flexibility index (Phi) is 3.51. The fourth-order valence-electron chi connectivity index (χ4n) is 1.13. The Morgan fingerprint density at radius 1 is 1.62 bits per heavy atom. The summed E-state index contributed by atoms with van der Waals surface area (Å²) in [6.45, 7) is 0. The van der Waals surface area contributed by atoms with E-state index in [2.05, 4.69) is 0 Å². The third-order valence-corrected chi connectivity index (χ3v) is 1.94. The number of nitriles is 1. The molecule has 0 unspecified atom stereocenters. The van der Waals surface area contributed by atoms with Crippen LogP contribution in [0.4, 0.5) is 0 Å². The first-order valence-electron chi connectivity index (χ1n) is 4.37. The maximum absolute atomic E-state index is 10.8. The summed E-state index contributed by atoms with van der Waals surface area (Å²) in [5.74, 6) is -0.723. The number of nitrogens with two attached hydrogens (primary N) is 1. The van der Waals surface area contributed by atoms with Gasteiger partial charge in [-0.05, 0) is 12.1 Å². The number of ether oxygens (including phenoxy) is 1. The zero-order valence-corrected chi connectivity index (χ0v) is 8.60. The first kappa shape index (κ1) is 11.6. The minimum atomic E-state index is -0.843. The van der Waals surface area contributed by atoms with Crippen LogP contribution < -0.4 is 10.5 Å². The van der Waals surface area contributed by atoms with E-state index >= 15 is 0 Å². The molecule has 1 aromatic rings. The van der Waals surface area contributed by atoms with Gasteiger partial charge in [0.25, 0.3) is 5.91 Å². The Bertz CT molecular complexity index is 486. The van der Waals surface area contributed by atoms with Gasteiger partial charge in [-0.1, -0.05) is 12.1 Å². The number of phenolic OH excluding ortho intramolecular Hbond substituents is 1. The largest absolute Gasteiger partial charge is 0.504 e. The molecule has 0 heterocycles. The molecule has 0 aliphatic carbocycles. The van der Waals surface area contributed by atoms with Crippen LogP contribution >= 0.6 is 0 Å². The van der Waals surface area contributed by atoms with Crippen LogP contribution in [-0.2, 0) is 4.79 Å². The number of aromatic hydroxyl groups is 1. The number of hydrogen-bond acceptors (Lipinski definition) is 4. The Labute approximate surface area is 92.4 Å². The number of methoxy groups -OCH3 is 1. The second-order valence-electron chi connectivity index (χ2n) is 2.93. The quantitative estimate of drug-likeness (QED) is 0.579. The average molecular weight is 218 g/mol. The molecule has 0 saturated carbocycles. The van der Waals surface area contributed by atoms with Crippen molar-refractivity contribution < 1.29 is 14.6 Å². The summed E-state index contributed by atoms with van der Waals surface area (Å²) in [4.78, 5) is 10.8. The van der Waals surface area contributed by atoms with Gasteiger partial charge in [-0.2, -0.15) is 5.26 Å². The Hall–Kier alpha value is -2.48. The smallest absolute Gasteiger partial charge is 0.259 e. The lowest BCUT2D eigenvalue weighted by Gasteiger charge is -2.05. The topological polar surface area (TPSA) is 96.3 Å². The van der Waals surface area contributed by atoms with Crippen molar-refractivity contribution in [1.82, 2.24) is 0 Å². The Morgan fingerprint density at radius 3 is 2.81 bits per heavy atom. The average Bonchev–Trinajstić information content (AvgIpc) is 2.27. The highest BCUT2D eigenvalue weighted by molar-refractivity contribution is 6.00. The van der Waals surface area contributed by atoms with Crippen molar-refractivity contribution in [2.45, 2.75) is 0 Å². The van der Waals surface area contributed by atoms with E-state index in [1.54, 1.807) is 18.2 Å². The lowest BCUT2D eigenvalue weighted by molar-refractivity contribution is -0.114. The number of carbonyl (C=O) groups excluding carboxylic acids is 1. The summed E-state index contributed by atoms with van der Waals surface area (Å²) in [5.41, 5.74) is 5.04. The summed E-state index contributed by atoms with van der Waals surface area (Å²) in [6.07, 6.45) is 1.21.